The van der Waals surface area contributed by atoms with E-state index in [1.807, 2.05) is 13.0 Å². The molecular formula is C14H19N3O. The summed E-state index contributed by atoms with van der Waals surface area (Å²) in [5, 5.41) is 8.83. The van der Waals surface area contributed by atoms with Crippen LogP contribution in [0.3, 0.4) is 0 Å². The van der Waals surface area contributed by atoms with E-state index in [0.717, 1.165) is 19.3 Å². The maximum atomic E-state index is 12.2. The van der Waals surface area contributed by atoms with Gasteiger partial charge in [0, 0.05) is 19.2 Å². The Bertz CT molecular complexity index is 451. The van der Waals surface area contributed by atoms with Crippen molar-refractivity contribution in [3.8, 4) is 6.07 Å². The number of pyridine rings is 1. The van der Waals surface area contributed by atoms with Gasteiger partial charge in [0.25, 0.3) is 0 Å². The van der Waals surface area contributed by atoms with Crippen molar-refractivity contribution in [3.05, 3.63) is 23.9 Å². The van der Waals surface area contributed by atoms with E-state index < -0.39 is 0 Å². The molecule has 0 saturated carbocycles. The molecule has 1 aromatic rings. The molecule has 1 aromatic heterocycles. The largest absolute Gasteiger partial charge is 0.300 e. The highest BCUT2D eigenvalue weighted by Crippen LogP contribution is 2.16. The monoisotopic (exact) mass is 245 g/mol. The van der Waals surface area contributed by atoms with Gasteiger partial charge in [0.05, 0.1) is 11.6 Å². The normalized spacial score (nSPS) is 11.7. The molecule has 18 heavy (non-hydrogen) atoms. The predicted octanol–water partition coefficient (Wildman–Crippen LogP) is 2.74. The summed E-state index contributed by atoms with van der Waals surface area (Å²) in [6.07, 6.45) is 4.57. The van der Waals surface area contributed by atoms with Crippen LogP contribution in [-0.4, -0.2) is 17.9 Å². The van der Waals surface area contributed by atoms with Crippen LogP contribution in [0.2, 0.25) is 0 Å². The molecule has 4 heteroatoms. The van der Waals surface area contributed by atoms with Crippen molar-refractivity contribution >= 4 is 11.7 Å². The molecule has 1 rings (SSSR count). The molecule has 0 unspecified atom stereocenters. The molecule has 4 nitrogen and oxygen atoms in total. The molecule has 0 aliphatic rings. The van der Waals surface area contributed by atoms with Gasteiger partial charge in [0.15, 0.2) is 0 Å². The molecule has 0 bridgehead atoms. The summed E-state index contributed by atoms with van der Waals surface area (Å²) in [6, 6.07) is 5.30. The number of hydrogen-bond acceptors (Lipinski definition) is 3. The summed E-state index contributed by atoms with van der Waals surface area (Å²) in [4.78, 5) is 17.8. The molecule has 0 fully saturated rings. The first kappa shape index (κ1) is 14.2. The average Bonchev–Trinajstić information content (AvgIpc) is 2.43. The Morgan fingerprint density at radius 1 is 1.61 bits per heavy atom. The summed E-state index contributed by atoms with van der Waals surface area (Å²) < 4.78 is 0. The van der Waals surface area contributed by atoms with Crippen LogP contribution in [0.15, 0.2) is 18.3 Å². The van der Waals surface area contributed by atoms with Gasteiger partial charge in [-0.3, -0.25) is 9.69 Å². The standard InChI is InChI=1S/C14H19N3O/c1-4-5-6-11(2)14(18)17(3)13-9-12(10-15)7-8-16-13/h7-9,11H,4-6H2,1-3H3/t11-/m0/s1. The Kier molecular flexibility index (Phi) is 5.31. The smallest absolute Gasteiger partial charge is 0.230 e. The number of nitriles is 1. The van der Waals surface area contributed by atoms with Gasteiger partial charge in [0.2, 0.25) is 5.91 Å². The van der Waals surface area contributed by atoms with Crippen LogP contribution in [0, 0.1) is 17.2 Å². The molecule has 96 valence electrons. The van der Waals surface area contributed by atoms with Crippen LogP contribution in [0.4, 0.5) is 5.82 Å². The van der Waals surface area contributed by atoms with Crippen LogP contribution in [0.1, 0.15) is 38.7 Å². The van der Waals surface area contributed by atoms with Crippen LogP contribution >= 0.6 is 0 Å². The fraction of sp³-hybridized carbons (Fsp3) is 0.500. The zero-order valence-corrected chi connectivity index (χ0v) is 11.2. The highest BCUT2D eigenvalue weighted by Gasteiger charge is 2.19. The van der Waals surface area contributed by atoms with Crippen LogP contribution < -0.4 is 4.90 Å². The summed E-state index contributed by atoms with van der Waals surface area (Å²) in [5.74, 6) is 0.566. The number of unbranched alkanes of at least 4 members (excludes halogenated alkanes) is 1. The number of carbonyl (C=O) groups excluding carboxylic acids is 1. The first-order chi connectivity index (χ1) is 8.60. The van der Waals surface area contributed by atoms with Crippen LogP contribution in [0.5, 0.6) is 0 Å². The van der Waals surface area contributed by atoms with Crippen LogP contribution in [0.25, 0.3) is 0 Å². The maximum Gasteiger partial charge on any atom is 0.230 e. The average molecular weight is 245 g/mol. The number of carbonyl (C=O) groups is 1. The van der Waals surface area contributed by atoms with Crippen molar-refractivity contribution in [2.75, 3.05) is 11.9 Å². The lowest BCUT2D eigenvalue weighted by Gasteiger charge is -2.20. The number of aromatic nitrogens is 1. The van der Waals surface area contributed by atoms with Gasteiger partial charge in [-0.25, -0.2) is 4.98 Å². The fourth-order valence-corrected chi connectivity index (χ4v) is 1.75. The van der Waals surface area contributed by atoms with Crippen molar-refractivity contribution in [1.29, 1.82) is 5.26 Å². The quantitative estimate of drug-likeness (QED) is 0.801. The van der Waals surface area contributed by atoms with Gasteiger partial charge in [-0.1, -0.05) is 26.7 Å². The number of hydrogen-bond donors (Lipinski definition) is 0. The lowest BCUT2D eigenvalue weighted by Crippen LogP contribution is -2.32. The third kappa shape index (κ3) is 3.56. The lowest BCUT2D eigenvalue weighted by molar-refractivity contribution is -0.121. The van der Waals surface area contributed by atoms with Crippen molar-refractivity contribution in [3.63, 3.8) is 0 Å². The van der Waals surface area contributed by atoms with Gasteiger partial charge in [-0.15, -0.1) is 0 Å². The van der Waals surface area contributed by atoms with E-state index in [1.165, 1.54) is 4.90 Å². The van der Waals surface area contributed by atoms with Crippen LogP contribution in [-0.2, 0) is 4.79 Å². The summed E-state index contributed by atoms with van der Waals surface area (Å²) in [6.45, 7) is 4.04. The molecule has 0 saturated heterocycles. The summed E-state index contributed by atoms with van der Waals surface area (Å²) >= 11 is 0. The van der Waals surface area contributed by atoms with Gasteiger partial charge in [-0.2, -0.15) is 5.26 Å². The third-order valence-corrected chi connectivity index (χ3v) is 2.96. The highest BCUT2D eigenvalue weighted by atomic mass is 16.2. The van der Waals surface area contributed by atoms with E-state index in [9.17, 15) is 4.79 Å². The molecule has 0 radical (unpaired) electrons. The van der Waals surface area contributed by atoms with E-state index in [0.29, 0.717) is 11.4 Å². The van der Waals surface area contributed by atoms with Crippen molar-refractivity contribution in [1.82, 2.24) is 4.98 Å². The zero-order chi connectivity index (χ0) is 13.5. The molecular weight excluding hydrogens is 226 g/mol. The first-order valence-electron chi connectivity index (χ1n) is 6.23. The minimum atomic E-state index is -0.0116. The SMILES string of the molecule is CCCC[C@H](C)C(=O)N(C)c1cc(C#N)ccn1. The minimum Gasteiger partial charge on any atom is -0.300 e. The maximum absolute atomic E-state index is 12.2. The number of nitrogens with zero attached hydrogens (tertiary/aromatic N) is 3. The van der Waals surface area contributed by atoms with Crippen molar-refractivity contribution in [2.45, 2.75) is 33.1 Å². The molecule has 0 N–H and O–H groups in total. The Hall–Kier alpha value is -1.89. The number of amides is 1. The topological polar surface area (TPSA) is 57.0 Å². The highest BCUT2D eigenvalue weighted by molar-refractivity contribution is 5.93. The van der Waals surface area contributed by atoms with E-state index >= 15 is 0 Å². The first-order valence-corrected chi connectivity index (χ1v) is 6.23. The molecule has 0 spiro atoms. The Labute approximate surface area is 108 Å². The molecule has 0 aromatic carbocycles. The van der Waals surface area contributed by atoms with E-state index in [-0.39, 0.29) is 11.8 Å². The fourth-order valence-electron chi connectivity index (χ4n) is 1.75. The third-order valence-electron chi connectivity index (χ3n) is 2.96. The minimum absolute atomic E-state index is 0.0116. The van der Waals surface area contributed by atoms with Gasteiger partial charge >= 0.3 is 0 Å². The Morgan fingerprint density at radius 3 is 2.94 bits per heavy atom. The summed E-state index contributed by atoms with van der Waals surface area (Å²) in [7, 11) is 1.70. The van der Waals surface area contributed by atoms with Gasteiger partial charge in [0.1, 0.15) is 5.82 Å². The Morgan fingerprint density at radius 2 is 2.33 bits per heavy atom. The zero-order valence-electron chi connectivity index (χ0n) is 11.2. The van der Waals surface area contributed by atoms with E-state index in [4.69, 9.17) is 5.26 Å². The van der Waals surface area contributed by atoms with Crippen molar-refractivity contribution < 1.29 is 4.79 Å². The Balaban J connectivity index is 2.76. The summed E-state index contributed by atoms with van der Waals surface area (Å²) in [5.41, 5.74) is 0.515. The molecule has 0 aliphatic heterocycles. The molecule has 1 amide bonds. The predicted molar refractivity (Wildman–Crippen MR) is 71.1 cm³/mol. The second-order valence-corrected chi connectivity index (χ2v) is 4.46. The lowest BCUT2D eigenvalue weighted by atomic mass is 10.0. The molecule has 1 heterocycles. The van der Waals surface area contributed by atoms with E-state index in [2.05, 4.69) is 11.9 Å². The van der Waals surface area contributed by atoms with Crippen molar-refractivity contribution in [2.24, 2.45) is 5.92 Å². The molecule has 1 atom stereocenters. The second kappa shape index (κ2) is 6.75. The van der Waals surface area contributed by atoms with E-state index in [1.54, 1.807) is 25.4 Å². The van der Waals surface area contributed by atoms with Gasteiger partial charge in [-0.05, 0) is 18.6 Å². The molecule has 0 aliphatic carbocycles. The second-order valence-electron chi connectivity index (χ2n) is 4.46. The number of anilines is 1. The van der Waals surface area contributed by atoms with Gasteiger partial charge < -0.3 is 0 Å². The number of rotatable bonds is 5.